The van der Waals surface area contributed by atoms with Crippen LogP contribution < -0.4 is 0 Å². The highest BCUT2D eigenvalue weighted by molar-refractivity contribution is 5.78. The van der Waals surface area contributed by atoms with Crippen molar-refractivity contribution in [1.29, 1.82) is 0 Å². The SMILES string of the molecule is CC1=CC[C@@H]2CN(C(=O)Cc3cc(C)no3)C[C@@H]2C1. The topological polar surface area (TPSA) is 46.3 Å². The van der Waals surface area contributed by atoms with Crippen LogP contribution >= 0.6 is 0 Å². The summed E-state index contributed by atoms with van der Waals surface area (Å²) in [6.07, 6.45) is 4.94. The molecule has 1 aromatic heterocycles. The van der Waals surface area contributed by atoms with Gasteiger partial charge in [0.25, 0.3) is 0 Å². The highest BCUT2D eigenvalue weighted by Crippen LogP contribution is 2.35. The first kappa shape index (κ1) is 12.5. The average molecular weight is 260 g/mol. The Morgan fingerprint density at radius 1 is 1.42 bits per heavy atom. The Kier molecular flexibility index (Phi) is 3.17. The average Bonchev–Trinajstić information content (AvgIpc) is 2.95. The highest BCUT2D eigenvalue weighted by Gasteiger charge is 2.36. The first-order valence-corrected chi connectivity index (χ1v) is 6.97. The molecule has 0 radical (unpaired) electrons. The summed E-state index contributed by atoms with van der Waals surface area (Å²) in [6, 6.07) is 1.84. The minimum atomic E-state index is 0.170. The van der Waals surface area contributed by atoms with Gasteiger partial charge in [0, 0.05) is 19.2 Å². The van der Waals surface area contributed by atoms with E-state index in [0.717, 1.165) is 31.6 Å². The van der Waals surface area contributed by atoms with Crippen LogP contribution in [0, 0.1) is 18.8 Å². The zero-order valence-electron chi connectivity index (χ0n) is 11.6. The molecule has 0 unspecified atom stereocenters. The summed E-state index contributed by atoms with van der Waals surface area (Å²) in [5.74, 6) is 2.16. The van der Waals surface area contributed by atoms with E-state index >= 15 is 0 Å². The summed E-state index contributed by atoms with van der Waals surface area (Å²) in [5, 5.41) is 3.82. The molecular formula is C15H20N2O2. The first-order valence-electron chi connectivity index (χ1n) is 6.97. The van der Waals surface area contributed by atoms with Crippen LogP contribution in [0.3, 0.4) is 0 Å². The fourth-order valence-electron chi connectivity index (χ4n) is 3.25. The van der Waals surface area contributed by atoms with E-state index < -0.39 is 0 Å². The first-order chi connectivity index (χ1) is 9.11. The minimum Gasteiger partial charge on any atom is -0.361 e. The number of amides is 1. The van der Waals surface area contributed by atoms with E-state index in [1.165, 1.54) is 5.57 Å². The van der Waals surface area contributed by atoms with Crippen molar-refractivity contribution in [3.8, 4) is 0 Å². The molecule has 19 heavy (non-hydrogen) atoms. The number of carbonyl (C=O) groups is 1. The van der Waals surface area contributed by atoms with Gasteiger partial charge in [0.1, 0.15) is 5.76 Å². The van der Waals surface area contributed by atoms with Gasteiger partial charge >= 0.3 is 0 Å². The van der Waals surface area contributed by atoms with Crippen LogP contribution in [0.15, 0.2) is 22.2 Å². The number of fused-ring (bicyclic) bond motifs is 1. The minimum absolute atomic E-state index is 0.170. The molecule has 4 nitrogen and oxygen atoms in total. The molecule has 0 aromatic carbocycles. The molecule has 0 saturated carbocycles. The second-order valence-corrected chi connectivity index (χ2v) is 5.92. The van der Waals surface area contributed by atoms with Gasteiger partial charge in [-0.15, -0.1) is 0 Å². The summed E-state index contributed by atoms with van der Waals surface area (Å²) >= 11 is 0. The van der Waals surface area contributed by atoms with Crippen LogP contribution in [0.25, 0.3) is 0 Å². The zero-order chi connectivity index (χ0) is 13.4. The van der Waals surface area contributed by atoms with Crippen molar-refractivity contribution >= 4 is 5.91 Å². The Morgan fingerprint density at radius 2 is 2.21 bits per heavy atom. The van der Waals surface area contributed by atoms with E-state index in [-0.39, 0.29) is 5.91 Å². The molecule has 1 amide bonds. The summed E-state index contributed by atoms with van der Waals surface area (Å²) in [5.41, 5.74) is 2.30. The standard InChI is InChI=1S/C15H20N2O2/c1-10-3-4-12-8-17(9-13(12)5-10)15(18)7-14-6-11(2)16-19-14/h3,6,12-13H,4-5,7-9H2,1-2H3/t12-,13+/m1/s1. The highest BCUT2D eigenvalue weighted by atomic mass is 16.5. The van der Waals surface area contributed by atoms with Crippen LogP contribution in [0.2, 0.25) is 0 Å². The molecule has 0 spiro atoms. The normalized spacial score (nSPS) is 26.2. The van der Waals surface area contributed by atoms with Crippen molar-refractivity contribution in [2.24, 2.45) is 11.8 Å². The Hall–Kier alpha value is -1.58. The number of allylic oxidation sites excluding steroid dienone is 2. The van der Waals surface area contributed by atoms with Gasteiger partial charge < -0.3 is 9.42 Å². The summed E-state index contributed by atoms with van der Waals surface area (Å²) < 4.78 is 5.12. The lowest BCUT2D eigenvalue weighted by molar-refractivity contribution is -0.130. The molecule has 3 rings (SSSR count). The molecule has 1 aliphatic heterocycles. The molecule has 102 valence electrons. The molecule has 2 atom stereocenters. The summed E-state index contributed by atoms with van der Waals surface area (Å²) in [6.45, 7) is 5.87. The van der Waals surface area contributed by atoms with Crippen LogP contribution in [-0.2, 0) is 11.2 Å². The molecule has 1 aromatic rings. The number of likely N-dealkylation sites (tertiary alicyclic amines) is 1. The van der Waals surface area contributed by atoms with Crippen molar-refractivity contribution in [3.05, 3.63) is 29.2 Å². The van der Waals surface area contributed by atoms with Gasteiger partial charge in [-0.1, -0.05) is 16.8 Å². The predicted molar refractivity (Wildman–Crippen MR) is 71.5 cm³/mol. The number of hydrogen-bond donors (Lipinski definition) is 0. The number of aromatic nitrogens is 1. The lowest BCUT2D eigenvalue weighted by Crippen LogP contribution is -2.30. The van der Waals surface area contributed by atoms with Crippen molar-refractivity contribution in [2.45, 2.75) is 33.1 Å². The summed E-state index contributed by atoms with van der Waals surface area (Å²) in [7, 11) is 0. The van der Waals surface area contributed by atoms with Crippen molar-refractivity contribution in [1.82, 2.24) is 10.1 Å². The van der Waals surface area contributed by atoms with Gasteiger partial charge in [-0.05, 0) is 38.5 Å². The third-order valence-electron chi connectivity index (χ3n) is 4.28. The molecule has 2 aliphatic rings. The lowest BCUT2D eigenvalue weighted by atomic mass is 9.83. The molecule has 1 aliphatic carbocycles. The largest absolute Gasteiger partial charge is 0.361 e. The fraction of sp³-hybridized carbons (Fsp3) is 0.600. The van der Waals surface area contributed by atoms with Crippen molar-refractivity contribution in [3.63, 3.8) is 0 Å². The molecular weight excluding hydrogens is 240 g/mol. The molecule has 1 fully saturated rings. The maximum absolute atomic E-state index is 12.3. The van der Waals surface area contributed by atoms with Gasteiger partial charge in [-0.3, -0.25) is 4.79 Å². The van der Waals surface area contributed by atoms with Gasteiger partial charge in [-0.25, -0.2) is 0 Å². The van der Waals surface area contributed by atoms with E-state index in [1.54, 1.807) is 0 Å². The molecule has 0 N–H and O–H groups in total. The van der Waals surface area contributed by atoms with E-state index in [0.29, 0.717) is 24.0 Å². The van der Waals surface area contributed by atoms with Gasteiger partial charge in [0.15, 0.2) is 0 Å². The quantitative estimate of drug-likeness (QED) is 0.767. The van der Waals surface area contributed by atoms with E-state index in [4.69, 9.17) is 4.52 Å². The van der Waals surface area contributed by atoms with Crippen LogP contribution in [0.1, 0.15) is 31.2 Å². The maximum Gasteiger partial charge on any atom is 0.230 e. The lowest BCUT2D eigenvalue weighted by Gasteiger charge is -2.21. The van der Waals surface area contributed by atoms with Crippen molar-refractivity contribution in [2.75, 3.05) is 13.1 Å². The van der Waals surface area contributed by atoms with Gasteiger partial charge in [-0.2, -0.15) is 0 Å². The number of hydrogen-bond acceptors (Lipinski definition) is 3. The van der Waals surface area contributed by atoms with E-state index in [2.05, 4.69) is 18.2 Å². The number of rotatable bonds is 2. The Balaban J connectivity index is 1.61. The Morgan fingerprint density at radius 3 is 2.95 bits per heavy atom. The smallest absolute Gasteiger partial charge is 0.230 e. The second kappa shape index (κ2) is 4.83. The molecule has 4 heteroatoms. The van der Waals surface area contributed by atoms with E-state index in [1.807, 2.05) is 17.9 Å². The number of aryl methyl sites for hydroxylation is 1. The molecule has 0 bridgehead atoms. The zero-order valence-corrected chi connectivity index (χ0v) is 11.6. The van der Waals surface area contributed by atoms with Crippen LogP contribution in [0.5, 0.6) is 0 Å². The van der Waals surface area contributed by atoms with Crippen LogP contribution in [-0.4, -0.2) is 29.1 Å². The van der Waals surface area contributed by atoms with Gasteiger partial charge in [0.05, 0.1) is 12.1 Å². The third-order valence-corrected chi connectivity index (χ3v) is 4.28. The van der Waals surface area contributed by atoms with Crippen LogP contribution in [0.4, 0.5) is 0 Å². The monoisotopic (exact) mass is 260 g/mol. The number of nitrogens with zero attached hydrogens (tertiary/aromatic N) is 2. The van der Waals surface area contributed by atoms with Gasteiger partial charge in [0.2, 0.25) is 5.91 Å². The van der Waals surface area contributed by atoms with E-state index in [9.17, 15) is 4.79 Å². The Bertz CT molecular complexity index is 518. The second-order valence-electron chi connectivity index (χ2n) is 5.92. The third kappa shape index (κ3) is 2.57. The summed E-state index contributed by atoms with van der Waals surface area (Å²) in [4.78, 5) is 14.3. The molecule has 2 heterocycles. The van der Waals surface area contributed by atoms with Crippen molar-refractivity contribution < 1.29 is 9.32 Å². The number of carbonyl (C=O) groups excluding carboxylic acids is 1. The molecule has 1 saturated heterocycles. The maximum atomic E-state index is 12.3. The Labute approximate surface area is 113 Å². The predicted octanol–water partition coefficient (Wildman–Crippen LogP) is 2.34. The fourth-order valence-corrected chi connectivity index (χ4v) is 3.25.